The van der Waals surface area contributed by atoms with Crippen molar-refractivity contribution in [1.29, 1.82) is 0 Å². The molecule has 1 heterocycles. The maximum atomic E-state index is 12.7. The Labute approximate surface area is 116 Å². The molecular formula is C14H19F3N2O. The fourth-order valence-corrected chi connectivity index (χ4v) is 2.53. The Kier molecular flexibility index (Phi) is 4.67. The first-order valence-corrected chi connectivity index (χ1v) is 6.65. The topological polar surface area (TPSA) is 35.5 Å². The van der Waals surface area contributed by atoms with Gasteiger partial charge in [-0.2, -0.15) is 13.2 Å². The lowest BCUT2D eigenvalue weighted by molar-refractivity contribution is -0.137. The van der Waals surface area contributed by atoms with Gasteiger partial charge in [-0.3, -0.25) is 4.90 Å². The van der Waals surface area contributed by atoms with Crippen molar-refractivity contribution < 1.29 is 18.3 Å². The number of β-amino-alcohol motifs (C(OH)–C–C–N with tert-alkyl or cyclic N) is 1. The number of alkyl halides is 3. The lowest BCUT2D eigenvalue weighted by atomic mass is 10.0. The van der Waals surface area contributed by atoms with E-state index in [0.29, 0.717) is 18.7 Å². The number of hydrogen-bond donors (Lipinski definition) is 2. The molecule has 2 rings (SSSR count). The van der Waals surface area contributed by atoms with Gasteiger partial charge < -0.3 is 10.4 Å². The van der Waals surface area contributed by atoms with Crippen molar-refractivity contribution in [2.24, 2.45) is 0 Å². The van der Waals surface area contributed by atoms with Crippen molar-refractivity contribution in [2.45, 2.75) is 24.7 Å². The van der Waals surface area contributed by atoms with Gasteiger partial charge in [-0.1, -0.05) is 12.1 Å². The van der Waals surface area contributed by atoms with Crippen LogP contribution in [0.2, 0.25) is 0 Å². The molecule has 1 aromatic rings. The fraction of sp³-hybridized carbons (Fsp3) is 0.571. The second-order valence-electron chi connectivity index (χ2n) is 5.17. The molecule has 2 atom stereocenters. The number of aliphatic hydroxyl groups is 1. The van der Waals surface area contributed by atoms with E-state index in [1.54, 1.807) is 13.1 Å². The molecule has 1 aromatic carbocycles. The van der Waals surface area contributed by atoms with Crippen molar-refractivity contribution in [2.75, 3.05) is 26.7 Å². The summed E-state index contributed by atoms with van der Waals surface area (Å²) in [7, 11) is 1.73. The van der Waals surface area contributed by atoms with Crippen molar-refractivity contribution >= 4 is 0 Å². The third kappa shape index (κ3) is 3.71. The Hall–Kier alpha value is -1.11. The van der Waals surface area contributed by atoms with Gasteiger partial charge in [0.1, 0.15) is 0 Å². The molecule has 0 saturated carbocycles. The standard InChI is InChI=1S/C14H19F3N2O/c1-18-13(9-19-6-5-12(20)8-19)10-3-2-4-11(7-10)14(15,16)17/h2-4,7,12-13,18,20H,5-6,8-9H2,1H3. The largest absolute Gasteiger partial charge is 0.416 e. The molecule has 1 aliphatic rings. The molecule has 1 saturated heterocycles. The normalized spacial score (nSPS) is 22.1. The van der Waals surface area contributed by atoms with Crippen LogP contribution in [0.25, 0.3) is 0 Å². The van der Waals surface area contributed by atoms with Crippen LogP contribution in [0.5, 0.6) is 0 Å². The first-order chi connectivity index (χ1) is 9.40. The van der Waals surface area contributed by atoms with Crippen LogP contribution in [-0.4, -0.2) is 42.8 Å². The summed E-state index contributed by atoms with van der Waals surface area (Å²) in [6.45, 7) is 1.95. The molecule has 20 heavy (non-hydrogen) atoms. The molecule has 0 amide bonds. The van der Waals surface area contributed by atoms with Gasteiger partial charge in [0.15, 0.2) is 0 Å². The van der Waals surface area contributed by atoms with Crippen LogP contribution in [0.3, 0.4) is 0 Å². The summed E-state index contributed by atoms with van der Waals surface area (Å²) < 4.78 is 38.2. The lowest BCUT2D eigenvalue weighted by Crippen LogP contribution is -2.33. The Balaban J connectivity index is 2.11. The summed E-state index contributed by atoms with van der Waals surface area (Å²) in [4.78, 5) is 2.06. The number of likely N-dealkylation sites (tertiary alicyclic amines) is 1. The maximum absolute atomic E-state index is 12.7. The summed E-state index contributed by atoms with van der Waals surface area (Å²) in [5.41, 5.74) is -0.0135. The molecule has 6 heteroatoms. The van der Waals surface area contributed by atoms with E-state index < -0.39 is 11.7 Å². The highest BCUT2D eigenvalue weighted by Crippen LogP contribution is 2.31. The quantitative estimate of drug-likeness (QED) is 0.890. The average Bonchev–Trinajstić information content (AvgIpc) is 2.81. The van der Waals surface area contributed by atoms with E-state index in [4.69, 9.17) is 0 Å². The van der Waals surface area contributed by atoms with E-state index in [2.05, 4.69) is 10.2 Å². The first kappa shape index (κ1) is 15.3. The molecule has 1 fully saturated rings. The molecule has 112 valence electrons. The van der Waals surface area contributed by atoms with Gasteiger partial charge in [0, 0.05) is 25.7 Å². The van der Waals surface area contributed by atoms with Crippen LogP contribution >= 0.6 is 0 Å². The molecule has 2 unspecified atom stereocenters. The summed E-state index contributed by atoms with van der Waals surface area (Å²) in [6.07, 6.45) is -3.93. The smallest absolute Gasteiger partial charge is 0.392 e. The second-order valence-corrected chi connectivity index (χ2v) is 5.17. The number of halogens is 3. The Bertz CT molecular complexity index is 450. The van der Waals surface area contributed by atoms with Gasteiger partial charge >= 0.3 is 6.18 Å². The molecule has 2 N–H and O–H groups in total. The maximum Gasteiger partial charge on any atom is 0.416 e. The number of likely N-dealkylation sites (N-methyl/N-ethyl adjacent to an activating group) is 1. The van der Waals surface area contributed by atoms with E-state index >= 15 is 0 Å². The lowest BCUT2D eigenvalue weighted by Gasteiger charge is -2.24. The SMILES string of the molecule is CNC(CN1CCC(O)C1)c1cccc(C(F)(F)F)c1. The predicted molar refractivity (Wildman–Crippen MR) is 70.3 cm³/mol. The van der Waals surface area contributed by atoms with E-state index in [-0.39, 0.29) is 12.1 Å². The predicted octanol–water partition coefficient (Wildman–Crippen LogP) is 2.03. The number of benzene rings is 1. The van der Waals surface area contributed by atoms with E-state index in [1.807, 2.05) is 0 Å². The van der Waals surface area contributed by atoms with Crippen LogP contribution in [0.4, 0.5) is 13.2 Å². The molecule has 0 spiro atoms. The minimum Gasteiger partial charge on any atom is -0.392 e. The number of rotatable bonds is 4. The Morgan fingerprint density at radius 2 is 2.20 bits per heavy atom. The number of nitrogens with zero attached hydrogens (tertiary/aromatic N) is 1. The molecule has 1 aliphatic heterocycles. The van der Waals surface area contributed by atoms with Crippen LogP contribution in [0.15, 0.2) is 24.3 Å². The van der Waals surface area contributed by atoms with Gasteiger partial charge in [-0.05, 0) is 31.2 Å². The Morgan fingerprint density at radius 3 is 2.75 bits per heavy atom. The zero-order valence-corrected chi connectivity index (χ0v) is 11.3. The number of nitrogens with one attached hydrogen (secondary N) is 1. The van der Waals surface area contributed by atoms with Crippen molar-refractivity contribution in [3.63, 3.8) is 0 Å². The average molecular weight is 288 g/mol. The van der Waals surface area contributed by atoms with Crippen molar-refractivity contribution in [3.05, 3.63) is 35.4 Å². The van der Waals surface area contributed by atoms with Gasteiger partial charge in [0.05, 0.1) is 11.7 Å². The van der Waals surface area contributed by atoms with Crippen LogP contribution in [0.1, 0.15) is 23.6 Å². The highest BCUT2D eigenvalue weighted by atomic mass is 19.4. The second kappa shape index (κ2) is 6.11. The zero-order chi connectivity index (χ0) is 14.8. The van der Waals surface area contributed by atoms with E-state index in [1.165, 1.54) is 12.1 Å². The first-order valence-electron chi connectivity index (χ1n) is 6.65. The van der Waals surface area contributed by atoms with E-state index in [0.717, 1.165) is 19.0 Å². The number of aliphatic hydroxyl groups excluding tert-OH is 1. The molecule has 3 nitrogen and oxygen atoms in total. The highest BCUT2D eigenvalue weighted by molar-refractivity contribution is 5.28. The van der Waals surface area contributed by atoms with Crippen LogP contribution in [-0.2, 0) is 6.18 Å². The summed E-state index contributed by atoms with van der Waals surface area (Å²) in [5, 5.41) is 12.5. The molecule has 0 aromatic heterocycles. The zero-order valence-electron chi connectivity index (χ0n) is 11.3. The monoisotopic (exact) mass is 288 g/mol. The molecule has 0 bridgehead atoms. The summed E-state index contributed by atoms with van der Waals surface area (Å²) in [6, 6.07) is 5.22. The van der Waals surface area contributed by atoms with Gasteiger partial charge in [-0.15, -0.1) is 0 Å². The highest BCUT2D eigenvalue weighted by Gasteiger charge is 2.31. The molecule has 0 radical (unpaired) electrons. The third-order valence-electron chi connectivity index (χ3n) is 3.65. The summed E-state index contributed by atoms with van der Waals surface area (Å²) >= 11 is 0. The van der Waals surface area contributed by atoms with Crippen LogP contribution in [0, 0.1) is 0 Å². The number of hydrogen-bond acceptors (Lipinski definition) is 3. The minimum atomic E-state index is -4.32. The van der Waals surface area contributed by atoms with Crippen molar-refractivity contribution in [1.82, 2.24) is 10.2 Å². The van der Waals surface area contributed by atoms with Gasteiger partial charge in [-0.25, -0.2) is 0 Å². The van der Waals surface area contributed by atoms with Crippen molar-refractivity contribution in [3.8, 4) is 0 Å². The minimum absolute atomic E-state index is 0.178. The van der Waals surface area contributed by atoms with Crippen LogP contribution < -0.4 is 5.32 Å². The summed E-state index contributed by atoms with van der Waals surface area (Å²) in [5.74, 6) is 0. The van der Waals surface area contributed by atoms with Gasteiger partial charge in [0.25, 0.3) is 0 Å². The Morgan fingerprint density at radius 1 is 1.45 bits per heavy atom. The third-order valence-corrected chi connectivity index (χ3v) is 3.65. The fourth-order valence-electron chi connectivity index (χ4n) is 2.53. The van der Waals surface area contributed by atoms with E-state index in [9.17, 15) is 18.3 Å². The molecular weight excluding hydrogens is 269 g/mol. The van der Waals surface area contributed by atoms with Gasteiger partial charge in [0.2, 0.25) is 0 Å². The molecule has 0 aliphatic carbocycles.